The smallest absolute Gasteiger partial charge is 0.352 e. The SMILES string of the molecule is O=C1Nc2cccc(-c3ccncc3)c2/C1=C/c1[nH]c(C(=O)O)c2c1CCCC2. The molecule has 1 aromatic carbocycles. The Hall–Kier alpha value is -3.67. The molecule has 0 bridgehead atoms. The first-order chi connectivity index (χ1) is 14.1. The van der Waals surface area contributed by atoms with E-state index in [9.17, 15) is 14.7 Å². The van der Waals surface area contributed by atoms with Crippen molar-refractivity contribution in [3.8, 4) is 11.1 Å². The Labute approximate surface area is 167 Å². The minimum absolute atomic E-state index is 0.183. The molecule has 29 heavy (non-hydrogen) atoms. The van der Waals surface area contributed by atoms with Gasteiger partial charge in [0.15, 0.2) is 0 Å². The van der Waals surface area contributed by atoms with Crippen LogP contribution in [0.3, 0.4) is 0 Å². The van der Waals surface area contributed by atoms with Gasteiger partial charge in [-0.2, -0.15) is 0 Å². The second-order valence-corrected chi connectivity index (χ2v) is 7.36. The number of aromatic carboxylic acids is 1. The Morgan fingerprint density at radius 1 is 1.07 bits per heavy atom. The lowest BCUT2D eigenvalue weighted by Gasteiger charge is -2.12. The number of fused-ring (bicyclic) bond motifs is 2. The minimum Gasteiger partial charge on any atom is -0.477 e. The number of carbonyl (C=O) groups is 2. The molecule has 3 heterocycles. The highest BCUT2D eigenvalue weighted by atomic mass is 16.4. The topological polar surface area (TPSA) is 95.1 Å². The van der Waals surface area contributed by atoms with Crippen molar-refractivity contribution in [3.63, 3.8) is 0 Å². The number of amides is 1. The predicted molar refractivity (Wildman–Crippen MR) is 111 cm³/mol. The summed E-state index contributed by atoms with van der Waals surface area (Å²) in [6.45, 7) is 0. The van der Waals surface area contributed by atoms with Crippen LogP contribution < -0.4 is 5.32 Å². The molecule has 2 aromatic heterocycles. The number of anilines is 1. The van der Waals surface area contributed by atoms with Gasteiger partial charge in [0.25, 0.3) is 5.91 Å². The molecule has 0 unspecified atom stereocenters. The fourth-order valence-electron chi connectivity index (χ4n) is 4.37. The minimum atomic E-state index is -0.957. The van der Waals surface area contributed by atoms with E-state index in [2.05, 4.69) is 15.3 Å². The van der Waals surface area contributed by atoms with E-state index < -0.39 is 5.97 Å². The maximum atomic E-state index is 12.8. The molecule has 0 spiro atoms. The van der Waals surface area contributed by atoms with E-state index in [4.69, 9.17) is 0 Å². The molecule has 3 N–H and O–H groups in total. The number of rotatable bonds is 3. The van der Waals surface area contributed by atoms with E-state index in [0.29, 0.717) is 5.57 Å². The van der Waals surface area contributed by atoms with E-state index in [1.807, 2.05) is 36.4 Å². The zero-order valence-corrected chi connectivity index (χ0v) is 15.7. The van der Waals surface area contributed by atoms with E-state index >= 15 is 0 Å². The first-order valence-corrected chi connectivity index (χ1v) is 9.67. The van der Waals surface area contributed by atoms with Crippen LogP contribution in [0.25, 0.3) is 22.8 Å². The van der Waals surface area contributed by atoms with E-state index in [-0.39, 0.29) is 11.6 Å². The second kappa shape index (κ2) is 6.74. The standard InChI is InChI=1S/C23H19N3O3/c27-22-17(12-19-15-4-1-2-5-16(15)21(25-19)23(28)29)20-14(6-3-7-18(20)26-22)13-8-10-24-11-9-13/h3,6-12,25H,1-2,4-5H2,(H,26,27)(H,28,29)/b17-12-. The van der Waals surface area contributed by atoms with Gasteiger partial charge < -0.3 is 15.4 Å². The lowest BCUT2D eigenvalue weighted by atomic mass is 9.90. The third-order valence-corrected chi connectivity index (χ3v) is 5.67. The molecule has 3 aromatic rings. The molecule has 1 aliphatic heterocycles. The van der Waals surface area contributed by atoms with Crippen LogP contribution in [0.5, 0.6) is 0 Å². The number of aromatic nitrogens is 2. The number of nitrogens with one attached hydrogen (secondary N) is 2. The molecule has 0 saturated carbocycles. The van der Waals surface area contributed by atoms with Gasteiger partial charge in [0.05, 0.1) is 5.57 Å². The first-order valence-electron chi connectivity index (χ1n) is 9.67. The van der Waals surface area contributed by atoms with Gasteiger partial charge in [-0.3, -0.25) is 9.78 Å². The van der Waals surface area contributed by atoms with Gasteiger partial charge in [0.2, 0.25) is 0 Å². The Morgan fingerprint density at radius 3 is 2.59 bits per heavy atom. The number of carboxylic acid groups (broad SMARTS) is 1. The van der Waals surface area contributed by atoms with Crippen molar-refractivity contribution in [1.29, 1.82) is 0 Å². The average molecular weight is 385 g/mol. The number of carboxylic acids is 1. The molecule has 2 aliphatic rings. The summed E-state index contributed by atoms with van der Waals surface area (Å²) >= 11 is 0. The molecule has 1 amide bonds. The Morgan fingerprint density at radius 2 is 1.83 bits per heavy atom. The van der Waals surface area contributed by atoms with Gasteiger partial charge >= 0.3 is 5.97 Å². The van der Waals surface area contributed by atoms with Crippen molar-refractivity contribution in [1.82, 2.24) is 9.97 Å². The lowest BCUT2D eigenvalue weighted by Crippen LogP contribution is -2.06. The van der Waals surface area contributed by atoms with Crippen molar-refractivity contribution in [3.05, 3.63) is 70.8 Å². The van der Waals surface area contributed by atoms with Gasteiger partial charge in [0.1, 0.15) is 5.69 Å². The Kier molecular flexibility index (Phi) is 4.05. The van der Waals surface area contributed by atoms with Crippen LogP contribution in [0.4, 0.5) is 5.69 Å². The molecule has 5 rings (SSSR count). The summed E-state index contributed by atoms with van der Waals surface area (Å²) in [5.41, 5.74) is 6.90. The average Bonchev–Trinajstić information content (AvgIpc) is 3.27. The number of nitrogens with zero attached hydrogens (tertiary/aromatic N) is 1. The van der Waals surface area contributed by atoms with Crippen molar-refractivity contribution in [2.24, 2.45) is 0 Å². The molecule has 6 heteroatoms. The number of pyridine rings is 1. The monoisotopic (exact) mass is 385 g/mol. The van der Waals surface area contributed by atoms with Gasteiger partial charge in [0, 0.05) is 29.3 Å². The number of aromatic amines is 1. The van der Waals surface area contributed by atoms with Crippen LogP contribution >= 0.6 is 0 Å². The van der Waals surface area contributed by atoms with Crippen LogP contribution in [0.2, 0.25) is 0 Å². The molecular weight excluding hydrogens is 366 g/mol. The quantitative estimate of drug-likeness (QED) is 0.590. The number of benzene rings is 1. The van der Waals surface area contributed by atoms with Gasteiger partial charge in [-0.05, 0) is 72.2 Å². The lowest BCUT2D eigenvalue weighted by molar-refractivity contribution is -0.110. The van der Waals surface area contributed by atoms with Crippen LogP contribution in [-0.2, 0) is 17.6 Å². The molecule has 0 atom stereocenters. The summed E-state index contributed by atoms with van der Waals surface area (Å²) < 4.78 is 0. The van der Waals surface area contributed by atoms with Crippen molar-refractivity contribution >= 4 is 29.2 Å². The third kappa shape index (κ3) is 2.84. The van der Waals surface area contributed by atoms with Crippen molar-refractivity contribution in [2.45, 2.75) is 25.7 Å². The third-order valence-electron chi connectivity index (χ3n) is 5.67. The van der Waals surface area contributed by atoms with Gasteiger partial charge in [-0.15, -0.1) is 0 Å². The zero-order chi connectivity index (χ0) is 20.0. The normalized spacial score (nSPS) is 16.4. The van der Waals surface area contributed by atoms with E-state index in [0.717, 1.165) is 64.9 Å². The van der Waals surface area contributed by atoms with Crippen LogP contribution in [0.1, 0.15) is 45.7 Å². The molecular formula is C23H19N3O3. The number of H-pyrrole nitrogens is 1. The Balaban J connectivity index is 1.70. The first kappa shape index (κ1) is 17.4. The molecule has 0 fully saturated rings. The highest BCUT2D eigenvalue weighted by Crippen LogP contribution is 2.41. The van der Waals surface area contributed by atoms with E-state index in [1.54, 1.807) is 12.4 Å². The van der Waals surface area contributed by atoms with Gasteiger partial charge in [-0.1, -0.05) is 12.1 Å². The number of hydrogen-bond acceptors (Lipinski definition) is 3. The van der Waals surface area contributed by atoms with Crippen LogP contribution in [0.15, 0.2) is 42.7 Å². The largest absolute Gasteiger partial charge is 0.477 e. The molecule has 1 aliphatic carbocycles. The molecule has 0 saturated heterocycles. The van der Waals surface area contributed by atoms with Crippen LogP contribution in [-0.4, -0.2) is 27.0 Å². The second-order valence-electron chi connectivity index (χ2n) is 7.36. The summed E-state index contributed by atoms with van der Waals surface area (Å²) in [6, 6.07) is 9.60. The highest BCUT2D eigenvalue weighted by Gasteiger charge is 2.29. The Bertz CT molecular complexity index is 1180. The summed E-state index contributed by atoms with van der Waals surface area (Å²) in [4.78, 5) is 31.6. The van der Waals surface area contributed by atoms with Gasteiger partial charge in [-0.25, -0.2) is 4.79 Å². The van der Waals surface area contributed by atoms with Crippen molar-refractivity contribution < 1.29 is 14.7 Å². The maximum Gasteiger partial charge on any atom is 0.352 e. The highest BCUT2D eigenvalue weighted by molar-refractivity contribution is 6.36. The summed E-state index contributed by atoms with van der Waals surface area (Å²) in [7, 11) is 0. The summed E-state index contributed by atoms with van der Waals surface area (Å²) in [5, 5.41) is 12.5. The zero-order valence-electron chi connectivity index (χ0n) is 15.7. The molecule has 144 valence electrons. The number of hydrogen-bond donors (Lipinski definition) is 3. The molecule has 6 nitrogen and oxygen atoms in total. The van der Waals surface area contributed by atoms with E-state index in [1.165, 1.54) is 0 Å². The summed E-state index contributed by atoms with van der Waals surface area (Å²) in [6.07, 6.45) is 8.83. The fourth-order valence-corrected chi connectivity index (χ4v) is 4.37. The predicted octanol–water partition coefficient (Wildman–Crippen LogP) is 4.15. The summed E-state index contributed by atoms with van der Waals surface area (Å²) in [5.74, 6) is -1.14. The fraction of sp³-hybridized carbons (Fsp3) is 0.174. The molecule has 0 radical (unpaired) electrons. The number of carbonyl (C=O) groups excluding carboxylic acids is 1. The van der Waals surface area contributed by atoms with Crippen LogP contribution in [0, 0.1) is 0 Å². The maximum absolute atomic E-state index is 12.8. The van der Waals surface area contributed by atoms with Crippen molar-refractivity contribution in [2.75, 3.05) is 5.32 Å².